The molecule has 0 spiro atoms. The van der Waals surface area contributed by atoms with Crippen molar-refractivity contribution in [1.82, 2.24) is 0 Å². The van der Waals surface area contributed by atoms with Crippen molar-refractivity contribution in [3.8, 4) is 12.3 Å². The number of rotatable bonds is 5. The zero-order valence-electron chi connectivity index (χ0n) is 12.2. The summed E-state index contributed by atoms with van der Waals surface area (Å²) >= 11 is 0. The van der Waals surface area contributed by atoms with Crippen LogP contribution in [0.1, 0.15) is 30.0 Å². The Kier molecular flexibility index (Phi) is 4.85. The SMILES string of the molecule is C#Cc1cccc(NC(C)CCc2cccc(C)c2)c1. The van der Waals surface area contributed by atoms with Crippen LogP contribution in [0.5, 0.6) is 0 Å². The van der Waals surface area contributed by atoms with Crippen molar-refractivity contribution >= 4 is 5.69 Å². The first-order chi connectivity index (χ1) is 9.67. The number of nitrogens with one attached hydrogen (secondary N) is 1. The highest BCUT2D eigenvalue weighted by atomic mass is 14.9. The molecule has 0 heterocycles. The summed E-state index contributed by atoms with van der Waals surface area (Å²) in [5, 5.41) is 3.51. The summed E-state index contributed by atoms with van der Waals surface area (Å²) in [6, 6.07) is 17.1. The summed E-state index contributed by atoms with van der Waals surface area (Å²) < 4.78 is 0. The van der Waals surface area contributed by atoms with Crippen LogP contribution in [0.2, 0.25) is 0 Å². The van der Waals surface area contributed by atoms with Crippen molar-refractivity contribution in [2.75, 3.05) is 5.32 Å². The number of benzene rings is 2. The summed E-state index contributed by atoms with van der Waals surface area (Å²) in [5.41, 5.74) is 4.74. The van der Waals surface area contributed by atoms with E-state index >= 15 is 0 Å². The Morgan fingerprint density at radius 1 is 1.15 bits per heavy atom. The zero-order valence-corrected chi connectivity index (χ0v) is 12.2. The molecule has 0 aliphatic rings. The number of hydrogen-bond donors (Lipinski definition) is 1. The molecular weight excluding hydrogens is 242 g/mol. The maximum absolute atomic E-state index is 5.42. The summed E-state index contributed by atoms with van der Waals surface area (Å²) in [7, 11) is 0. The monoisotopic (exact) mass is 263 g/mol. The smallest absolute Gasteiger partial charge is 0.0354 e. The van der Waals surface area contributed by atoms with E-state index in [1.807, 2.05) is 18.2 Å². The third-order valence-electron chi connectivity index (χ3n) is 3.39. The van der Waals surface area contributed by atoms with Gasteiger partial charge in [0.1, 0.15) is 0 Å². The predicted molar refractivity (Wildman–Crippen MR) is 87.0 cm³/mol. The highest BCUT2D eigenvalue weighted by Crippen LogP contribution is 2.14. The minimum Gasteiger partial charge on any atom is -0.383 e. The second kappa shape index (κ2) is 6.82. The molecule has 0 amide bonds. The van der Waals surface area contributed by atoms with Crippen molar-refractivity contribution in [3.63, 3.8) is 0 Å². The summed E-state index contributed by atoms with van der Waals surface area (Å²) in [6.45, 7) is 4.34. The molecule has 2 rings (SSSR count). The lowest BCUT2D eigenvalue weighted by Gasteiger charge is -2.15. The second-order valence-electron chi connectivity index (χ2n) is 5.30. The Balaban J connectivity index is 1.89. The average Bonchev–Trinajstić information content (AvgIpc) is 2.45. The molecule has 2 aromatic carbocycles. The van der Waals surface area contributed by atoms with Crippen LogP contribution >= 0.6 is 0 Å². The van der Waals surface area contributed by atoms with E-state index in [1.54, 1.807) is 0 Å². The van der Waals surface area contributed by atoms with Crippen LogP contribution in [0, 0.1) is 19.3 Å². The Labute approximate surface area is 122 Å². The van der Waals surface area contributed by atoms with Gasteiger partial charge >= 0.3 is 0 Å². The largest absolute Gasteiger partial charge is 0.383 e. The molecule has 0 radical (unpaired) electrons. The molecule has 0 aliphatic carbocycles. The first-order valence-corrected chi connectivity index (χ1v) is 7.06. The molecule has 1 atom stereocenters. The third kappa shape index (κ3) is 4.17. The van der Waals surface area contributed by atoms with E-state index in [0.717, 1.165) is 24.1 Å². The Morgan fingerprint density at radius 2 is 1.95 bits per heavy atom. The number of hydrogen-bond acceptors (Lipinski definition) is 1. The lowest BCUT2D eigenvalue weighted by atomic mass is 10.0. The molecule has 0 fully saturated rings. The molecule has 1 unspecified atom stereocenters. The van der Waals surface area contributed by atoms with Crippen molar-refractivity contribution in [2.45, 2.75) is 32.7 Å². The van der Waals surface area contributed by atoms with Gasteiger partial charge in [-0.05, 0) is 50.5 Å². The van der Waals surface area contributed by atoms with Gasteiger partial charge < -0.3 is 5.32 Å². The van der Waals surface area contributed by atoms with Gasteiger partial charge in [-0.15, -0.1) is 6.42 Å². The van der Waals surface area contributed by atoms with E-state index in [2.05, 4.69) is 55.4 Å². The highest BCUT2D eigenvalue weighted by molar-refractivity contribution is 5.50. The molecule has 1 nitrogen and oxygen atoms in total. The molecule has 0 bridgehead atoms. The van der Waals surface area contributed by atoms with Gasteiger partial charge in [-0.3, -0.25) is 0 Å². The minimum atomic E-state index is 0.420. The predicted octanol–water partition coefficient (Wildman–Crippen LogP) is 4.41. The standard InChI is InChI=1S/C19H21N/c1-4-17-8-6-10-19(14-17)20-16(3)11-12-18-9-5-7-15(2)13-18/h1,5-10,13-14,16,20H,11-12H2,2-3H3. The van der Waals surface area contributed by atoms with Gasteiger partial charge in [-0.1, -0.05) is 41.8 Å². The Morgan fingerprint density at radius 3 is 2.70 bits per heavy atom. The van der Waals surface area contributed by atoms with Gasteiger partial charge in [-0.2, -0.15) is 0 Å². The highest BCUT2D eigenvalue weighted by Gasteiger charge is 2.03. The molecule has 102 valence electrons. The van der Waals surface area contributed by atoms with Crippen LogP contribution in [-0.4, -0.2) is 6.04 Å². The van der Waals surface area contributed by atoms with Gasteiger partial charge in [-0.25, -0.2) is 0 Å². The average molecular weight is 263 g/mol. The molecule has 1 N–H and O–H groups in total. The minimum absolute atomic E-state index is 0.420. The molecular formula is C19H21N. The molecule has 0 aromatic heterocycles. The van der Waals surface area contributed by atoms with Crippen LogP contribution in [-0.2, 0) is 6.42 Å². The fourth-order valence-electron chi connectivity index (χ4n) is 2.31. The number of anilines is 1. The fourth-order valence-corrected chi connectivity index (χ4v) is 2.31. The first kappa shape index (κ1) is 14.2. The van der Waals surface area contributed by atoms with Crippen LogP contribution in [0.4, 0.5) is 5.69 Å². The van der Waals surface area contributed by atoms with E-state index in [9.17, 15) is 0 Å². The van der Waals surface area contributed by atoms with E-state index in [1.165, 1.54) is 11.1 Å². The van der Waals surface area contributed by atoms with Crippen molar-refractivity contribution in [1.29, 1.82) is 0 Å². The molecule has 1 heteroatoms. The number of terminal acetylenes is 1. The van der Waals surface area contributed by atoms with Gasteiger partial charge in [0.15, 0.2) is 0 Å². The third-order valence-corrected chi connectivity index (χ3v) is 3.39. The van der Waals surface area contributed by atoms with Crippen molar-refractivity contribution in [2.24, 2.45) is 0 Å². The molecule has 0 saturated carbocycles. The van der Waals surface area contributed by atoms with E-state index < -0.39 is 0 Å². The van der Waals surface area contributed by atoms with Crippen LogP contribution in [0.15, 0.2) is 48.5 Å². The summed E-state index contributed by atoms with van der Waals surface area (Å²) in [4.78, 5) is 0. The first-order valence-electron chi connectivity index (χ1n) is 7.06. The quantitative estimate of drug-likeness (QED) is 0.788. The Hall–Kier alpha value is -2.20. The van der Waals surface area contributed by atoms with Crippen LogP contribution in [0.3, 0.4) is 0 Å². The molecule has 0 aliphatic heterocycles. The maximum Gasteiger partial charge on any atom is 0.0354 e. The van der Waals surface area contributed by atoms with Crippen LogP contribution < -0.4 is 5.32 Å². The molecule has 20 heavy (non-hydrogen) atoms. The second-order valence-corrected chi connectivity index (χ2v) is 5.30. The van der Waals surface area contributed by atoms with Crippen LogP contribution in [0.25, 0.3) is 0 Å². The van der Waals surface area contributed by atoms with Gasteiger partial charge in [0.2, 0.25) is 0 Å². The zero-order chi connectivity index (χ0) is 14.4. The van der Waals surface area contributed by atoms with Gasteiger partial charge in [0.25, 0.3) is 0 Å². The van der Waals surface area contributed by atoms with E-state index in [-0.39, 0.29) is 0 Å². The van der Waals surface area contributed by atoms with Gasteiger partial charge in [0, 0.05) is 17.3 Å². The van der Waals surface area contributed by atoms with Crippen molar-refractivity contribution in [3.05, 3.63) is 65.2 Å². The Bertz CT molecular complexity index is 607. The lowest BCUT2D eigenvalue weighted by Crippen LogP contribution is -2.16. The summed E-state index contributed by atoms with van der Waals surface area (Å²) in [6.07, 6.45) is 7.61. The van der Waals surface area contributed by atoms with Crippen molar-refractivity contribution < 1.29 is 0 Å². The summed E-state index contributed by atoms with van der Waals surface area (Å²) in [5.74, 6) is 2.66. The van der Waals surface area contributed by atoms with Gasteiger partial charge in [0.05, 0.1) is 0 Å². The molecule has 2 aromatic rings. The topological polar surface area (TPSA) is 12.0 Å². The fraction of sp³-hybridized carbons (Fsp3) is 0.263. The van der Waals surface area contributed by atoms with E-state index in [4.69, 9.17) is 6.42 Å². The molecule has 0 saturated heterocycles. The number of aryl methyl sites for hydroxylation is 2. The normalized spacial score (nSPS) is 11.7. The maximum atomic E-state index is 5.42. The van der Waals surface area contributed by atoms with E-state index in [0.29, 0.717) is 6.04 Å². The lowest BCUT2D eigenvalue weighted by molar-refractivity contribution is 0.706.